The zero-order valence-electron chi connectivity index (χ0n) is 13.2. The molecule has 1 aliphatic carbocycles. The van der Waals surface area contributed by atoms with Gasteiger partial charge in [-0.3, -0.25) is 9.78 Å². The van der Waals surface area contributed by atoms with Crippen molar-refractivity contribution in [1.29, 1.82) is 0 Å². The van der Waals surface area contributed by atoms with E-state index in [-0.39, 0.29) is 5.91 Å². The zero-order chi connectivity index (χ0) is 16.4. The third-order valence-electron chi connectivity index (χ3n) is 4.41. The van der Waals surface area contributed by atoms with Gasteiger partial charge in [0, 0.05) is 28.4 Å². The zero-order valence-corrected chi connectivity index (χ0v) is 13.2. The normalized spacial score (nSPS) is 14.0. The van der Waals surface area contributed by atoms with Crippen molar-refractivity contribution < 1.29 is 4.79 Å². The lowest BCUT2D eigenvalue weighted by molar-refractivity contribution is 0.0955. The fourth-order valence-electron chi connectivity index (χ4n) is 3.22. The number of carbonyl (C=O) groups excluding carboxylic acids is 1. The number of nitrogens with zero attached hydrogens (tertiary/aromatic N) is 2. The average molecular weight is 318 g/mol. The van der Waals surface area contributed by atoms with Crippen molar-refractivity contribution in [3.05, 3.63) is 65.1 Å². The number of hydrogen-bond donors (Lipinski definition) is 2. The quantitative estimate of drug-likeness (QED) is 0.575. The number of hydrazone groups is 1. The first-order chi connectivity index (χ1) is 11.8. The number of aromatic amines is 1. The van der Waals surface area contributed by atoms with Crippen molar-refractivity contribution in [3.63, 3.8) is 0 Å². The minimum atomic E-state index is -0.213. The van der Waals surface area contributed by atoms with E-state index in [2.05, 4.69) is 20.5 Å². The standard InChI is InChI=1S/C19H18N4O/c24-19(23-21-12-14-5-3-4-10-20-14)13-8-9-18-16(11-13)15-6-1-2-7-17(15)22-18/h3-5,8-12,22H,1-2,6-7H2,(H,23,24)/b21-12-. The van der Waals surface area contributed by atoms with Crippen molar-refractivity contribution >= 4 is 23.0 Å². The van der Waals surface area contributed by atoms with Gasteiger partial charge in [-0.1, -0.05) is 6.07 Å². The average Bonchev–Trinajstić information content (AvgIpc) is 3.00. The number of amides is 1. The van der Waals surface area contributed by atoms with Gasteiger partial charge in [-0.05, 0) is 61.6 Å². The van der Waals surface area contributed by atoms with Gasteiger partial charge in [-0.2, -0.15) is 5.10 Å². The minimum Gasteiger partial charge on any atom is -0.358 e. The molecule has 0 saturated heterocycles. The van der Waals surface area contributed by atoms with E-state index >= 15 is 0 Å². The summed E-state index contributed by atoms with van der Waals surface area (Å²) in [5.74, 6) is -0.213. The van der Waals surface area contributed by atoms with E-state index in [4.69, 9.17) is 0 Å². The molecular formula is C19H18N4O. The monoisotopic (exact) mass is 318 g/mol. The van der Waals surface area contributed by atoms with E-state index < -0.39 is 0 Å². The van der Waals surface area contributed by atoms with E-state index in [1.165, 1.54) is 30.3 Å². The van der Waals surface area contributed by atoms with Crippen LogP contribution in [0.3, 0.4) is 0 Å². The van der Waals surface area contributed by atoms with Gasteiger partial charge in [0.2, 0.25) is 0 Å². The molecule has 0 atom stereocenters. The van der Waals surface area contributed by atoms with Crippen LogP contribution in [0, 0.1) is 0 Å². The molecule has 0 bridgehead atoms. The van der Waals surface area contributed by atoms with E-state index in [0.717, 1.165) is 23.7 Å². The molecule has 120 valence electrons. The molecule has 5 nitrogen and oxygen atoms in total. The van der Waals surface area contributed by atoms with Crippen LogP contribution in [0.25, 0.3) is 10.9 Å². The third kappa shape index (κ3) is 2.80. The molecule has 0 fully saturated rings. The highest BCUT2D eigenvalue weighted by molar-refractivity contribution is 5.99. The molecule has 0 unspecified atom stereocenters. The Morgan fingerprint density at radius 2 is 2.12 bits per heavy atom. The molecule has 0 radical (unpaired) electrons. The highest BCUT2D eigenvalue weighted by Gasteiger charge is 2.16. The van der Waals surface area contributed by atoms with Crippen molar-refractivity contribution in [2.75, 3.05) is 0 Å². The number of pyridine rings is 1. The lowest BCUT2D eigenvalue weighted by Gasteiger charge is -2.10. The minimum absolute atomic E-state index is 0.213. The van der Waals surface area contributed by atoms with Crippen LogP contribution in [0.1, 0.15) is 40.2 Å². The number of aromatic nitrogens is 2. The predicted molar refractivity (Wildman–Crippen MR) is 94.2 cm³/mol. The molecule has 4 rings (SSSR count). The van der Waals surface area contributed by atoms with Gasteiger partial charge in [-0.15, -0.1) is 0 Å². The van der Waals surface area contributed by atoms with Gasteiger partial charge < -0.3 is 4.98 Å². The molecule has 0 spiro atoms. The Balaban J connectivity index is 1.55. The Kier molecular flexibility index (Phi) is 3.83. The summed E-state index contributed by atoms with van der Waals surface area (Å²) in [6.07, 6.45) is 7.85. The first kappa shape index (κ1) is 14.6. The lowest BCUT2D eigenvalue weighted by Crippen LogP contribution is -2.17. The van der Waals surface area contributed by atoms with E-state index in [0.29, 0.717) is 11.3 Å². The van der Waals surface area contributed by atoms with Gasteiger partial charge in [0.1, 0.15) is 0 Å². The number of carbonyl (C=O) groups is 1. The summed E-state index contributed by atoms with van der Waals surface area (Å²) >= 11 is 0. The first-order valence-electron chi connectivity index (χ1n) is 8.19. The summed E-state index contributed by atoms with van der Waals surface area (Å²) in [5.41, 5.74) is 7.68. The number of benzene rings is 1. The molecule has 0 aliphatic heterocycles. The van der Waals surface area contributed by atoms with E-state index in [9.17, 15) is 4.79 Å². The predicted octanol–water partition coefficient (Wildman–Crippen LogP) is 3.21. The molecule has 5 heteroatoms. The summed E-state index contributed by atoms with van der Waals surface area (Å²) in [7, 11) is 0. The molecule has 1 aromatic carbocycles. The molecule has 2 aromatic heterocycles. The maximum atomic E-state index is 12.3. The number of hydrogen-bond acceptors (Lipinski definition) is 3. The van der Waals surface area contributed by atoms with Crippen molar-refractivity contribution in [2.45, 2.75) is 25.7 Å². The fraction of sp³-hybridized carbons (Fsp3) is 0.211. The Hall–Kier alpha value is -2.95. The summed E-state index contributed by atoms with van der Waals surface area (Å²) in [6.45, 7) is 0. The number of nitrogens with one attached hydrogen (secondary N) is 2. The smallest absolute Gasteiger partial charge is 0.271 e. The van der Waals surface area contributed by atoms with Crippen molar-refractivity contribution in [2.24, 2.45) is 5.10 Å². The van der Waals surface area contributed by atoms with Crippen LogP contribution in [0.15, 0.2) is 47.7 Å². The second kappa shape index (κ2) is 6.28. The molecule has 2 heterocycles. The molecule has 3 aromatic rings. The Morgan fingerprint density at radius 1 is 1.21 bits per heavy atom. The number of aryl methyl sites for hydroxylation is 2. The van der Waals surface area contributed by atoms with Crippen LogP contribution in [0.2, 0.25) is 0 Å². The molecule has 2 N–H and O–H groups in total. The second-order valence-electron chi connectivity index (χ2n) is 6.00. The summed E-state index contributed by atoms with van der Waals surface area (Å²) in [5, 5.41) is 5.14. The fourth-order valence-corrected chi connectivity index (χ4v) is 3.22. The molecule has 1 aliphatic rings. The van der Waals surface area contributed by atoms with Gasteiger partial charge >= 0.3 is 0 Å². The number of rotatable bonds is 3. The highest BCUT2D eigenvalue weighted by atomic mass is 16.2. The third-order valence-corrected chi connectivity index (χ3v) is 4.41. The maximum Gasteiger partial charge on any atom is 0.271 e. The van der Waals surface area contributed by atoms with Gasteiger partial charge in [-0.25, -0.2) is 5.43 Å². The van der Waals surface area contributed by atoms with Gasteiger partial charge in [0.05, 0.1) is 11.9 Å². The van der Waals surface area contributed by atoms with Gasteiger partial charge in [0.15, 0.2) is 0 Å². The van der Waals surface area contributed by atoms with Crippen LogP contribution < -0.4 is 5.43 Å². The second-order valence-corrected chi connectivity index (χ2v) is 6.00. The number of fused-ring (bicyclic) bond motifs is 3. The largest absolute Gasteiger partial charge is 0.358 e. The lowest BCUT2D eigenvalue weighted by atomic mass is 9.95. The summed E-state index contributed by atoms with van der Waals surface area (Å²) < 4.78 is 0. The van der Waals surface area contributed by atoms with E-state index in [1.807, 2.05) is 36.4 Å². The molecule has 0 saturated carbocycles. The SMILES string of the molecule is O=C(N/N=C\c1ccccn1)c1ccc2[nH]c3c(c2c1)CCCC3. The molecule has 24 heavy (non-hydrogen) atoms. The Morgan fingerprint density at radius 3 is 3.00 bits per heavy atom. The molecular weight excluding hydrogens is 300 g/mol. The summed E-state index contributed by atoms with van der Waals surface area (Å²) in [6, 6.07) is 11.3. The van der Waals surface area contributed by atoms with Crippen LogP contribution in [-0.2, 0) is 12.8 Å². The van der Waals surface area contributed by atoms with Crippen LogP contribution in [-0.4, -0.2) is 22.1 Å². The van der Waals surface area contributed by atoms with Crippen LogP contribution >= 0.6 is 0 Å². The van der Waals surface area contributed by atoms with Crippen molar-refractivity contribution in [3.8, 4) is 0 Å². The Bertz CT molecular complexity index is 912. The molecule has 1 amide bonds. The topological polar surface area (TPSA) is 70.1 Å². The van der Waals surface area contributed by atoms with Gasteiger partial charge in [0.25, 0.3) is 5.91 Å². The van der Waals surface area contributed by atoms with E-state index in [1.54, 1.807) is 6.20 Å². The first-order valence-corrected chi connectivity index (χ1v) is 8.19. The Labute approximate surface area is 139 Å². The van der Waals surface area contributed by atoms with Crippen molar-refractivity contribution in [1.82, 2.24) is 15.4 Å². The van der Waals surface area contributed by atoms with Crippen LogP contribution in [0.4, 0.5) is 0 Å². The number of H-pyrrole nitrogens is 1. The highest BCUT2D eigenvalue weighted by Crippen LogP contribution is 2.29. The maximum absolute atomic E-state index is 12.3. The van der Waals surface area contributed by atoms with Crippen LogP contribution in [0.5, 0.6) is 0 Å². The summed E-state index contributed by atoms with van der Waals surface area (Å²) in [4.78, 5) is 19.9.